The number of rotatable bonds is 6. The van der Waals surface area contributed by atoms with Crippen molar-refractivity contribution in [1.82, 2.24) is 0 Å². The molecule has 0 N–H and O–H groups in total. The van der Waals surface area contributed by atoms with Crippen molar-refractivity contribution >= 4 is 5.97 Å². The Labute approximate surface area is 129 Å². The third-order valence-electron chi connectivity index (χ3n) is 4.57. The van der Waals surface area contributed by atoms with Gasteiger partial charge < -0.3 is 18.9 Å². The van der Waals surface area contributed by atoms with Crippen LogP contribution >= 0.6 is 0 Å². The molecule has 118 valence electrons. The van der Waals surface area contributed by atoms with Crippen molar-refractivity contribution in [1.29, 1.82) is 0 Å². The third kappa shape index (κ3) is 2.38. The van der Waals surface area contributed by atoms with Crippen LogP contribution in [0, 0.1) is 5.92 Å². The van der Waals surface area contributed by atoms with Gasteiger partial charge in [-0.25, -0.2) is 0 Å². The van der Waals surface area contributed by atoms with Crippen LogP contribution in [0.2, 0.25) is 0 Å². The van der Waals surface area contributed by atoms with Crippen molar-refractivity contribution in [3.8, 4) is 5.75 Å². The van der Waals surface area contributed by atoms with Gasteiger partial charge in [-0.2, -0.15) is 0 Å². The molecule has 1 aliphatic carbocycles. The molecule has 22 heavy (non-hydrogen) atoms. The summed E-state index contributed by atoms with van der Waals surface area (Å²) in [7, 11) is 0. The minimum Gasteiger partial charge on any atom is -0.489 e. The lowest BCUT2D eigenvalue weighted by atomic mass is 10.0. The first-order valence-electron chi connectivity index (χ1n) is 7.89. The standard InChI is InChI=1S/C17H20O5/c1-3-19-17(18)15-14-12-6-10(4-5-13(12)22-16(14)15)9(2)20-7-11-8-21-11/h4-6,9,11,14-16H,3,7-8H2,1-2H3/t9?,11-,14?,15?,16?/m0/s1. The van der Waals surface area contributed by atoms with Gasteiger partial charge in [0.15, 0.2) is 0 Å². The molecule has 5 nitrogen and oxygen atoms in total. The van der Waals surface area contributed by atoms with Crippen LogP contribution in [0.4, 0.5) is 0 Å². The van der Waals surface area contributed by atoms with E-state index >= 15 is 0 Å². The second-order valence-corrected chi connectivity index (χ2v) is 6.11. The van der Waals surface area contributed by atoms with Crippen molar-refractivity contribution in [2.24, 2.45) is 5.92 Å². The van der Waals surface area contributed by atoms with Gasteiger partial charge in [0.25, 0.3) is 0 Å². The molecule has 0 spiro atoms. The Morgan fingerprint density at radius 1 is 1.45 bits per heavy atom. The summed E-state index contributed by atoms with van der Waals surface area (Å²) in [6, 6.07) is 6.12. The largest absolute Gasteiger partial charge is 0.489 e. The van der Waals surface area contributed by atoms with Crippen molar-refractivity contribution < 1.29 is 23.7 Å². The van der Waals surface area contributed by atoms with Gasteiger partial charge in [0, 0.05) is 11.5 Å². The van der Waals surface area contributed by atoms with Crippen LogP contribution in [0.25, 0.3) is 0 Å². The molecule has 5 atom stereocenters. The maximum Gasteiger partial charge on any atom is 0.313 e. The Morgan fingerprint density at radius 2 is 2.27 bits per heavy atom. The van der Waals surface area contributed by atoms with Crippen molar-refractivity contribution in [2.75, 3.05) is 19.8 Å². The van der Waals surface area contributed by atoms with Gasteiger partial charge in [-0.05, 0) is 31.5 Å². The fourth-order valence-corrected chi connectivity index (χ4v) is 3.17. The molecule has 2 aliphatic heterocycles. The van der Waals surface area contributed by atoms with Gasteiger partial charge in [-0.15, -0.1) is 0 Å². The maximum atomic E-state index is 11.9. The molecular formula is C17H20O5. The smallest absolute Gasteiger partial charge is 0.313 e. The summed E-state index contributed by atoms with van der Waals surface area (Å²) in [6.45, 7) is 5.70. The van der Waals surface area contributed by atoms with Crippen molar-refractivity contribution in [2.45, 2.75) is 38.1 Å². The summed E-state index contributed by atoms with van der Waals surface area (Å²) in [4.78, 5) is 11.9. The summed E-state index contributed by atoms with van der Waals surface area (Å²) in [6.07, 6.45) is 0.231. The van der Waals surface area contributed by atoms with Gasteiger partial charge in [0.2, 0.25) is 0 Å². The van der Waals surface area contributed by atoms with Gasteiger partial charge in [-0.3, -0.25) is 4.79 Å². The Morgan fingerprint density at radius 3 is 3.00 bits per heavy atom. The highest BCUT2D eigenvalue weighted by Gasteiger charge is 2.63. The van der Waals surface area contributed by atoms with E-state index in [0.29, 0.717) is 13.2 Å². The van der Waals surface area contributed by atoms with Crippen molar-refractivity contribution in [3.63, 3.8) is 0 Å². The van der Waals surface area contributed by atoms with Gasteiger partial charge in [0.1, 0.15) is 23.9 Å². The Hall–Kier alpha value is -1.59. The lowest BCUT2D eigenvalue weighted by molar-refractivity contribution is -0.145. The Bertz CT molecular complexity index is 595. The van der Waals surface area contributed by atoms with Gasteiger partial charge in [0.05, 0.1) is 25.9 Å². The molecule has 1 saturated carbocycles. The molecule has 3 aliphatic rings. The molecule has 1 saturated heterocycles. The molecule has 2 heterocycles. The molecular weight excluding hydrogens is 284 g/mol. The monoisotopic (exact) mass is 304 g/mol. The van der Waals surface area contributed by atoms with Crippen LogP contribution in [0.5, 0.6) is 5.75 Å². The molecule has 1 aromatic carbocycles. The molecule has 4 rings (SSSR count). The van der Waals surface area contributed by atoms with Gasteiger partial charge in [-0.1, -0.05) is 6.07 Å². The van der Waals surface area contributed by atoms with E-state index in [1.54, 1.807) is 0 Å². The summed E-state index contributed by atoms with van der Waals surface area (Å²) in [5, 5.41) is 0. The van der Waals surface area contributed by atoms with E-state index in [9.17, 15) is 4.79 Å². The van der Waals surface area contributed by atoms with E-state index in [4.69, 9.17) is 18.9 Å². The van der Waals surface area contributed by atoms with Crippen LogP contribution in [-0.2, 0) is 19.0 Å². The minimum atomic E-state index is -0.149. The first-order chi connectivity index (χ1) is 10.7. The average molecular weight is 304 g/mol. The predicted octanol–water partition coefficient (Wildman–Crippen LogP) is 2.20. The number of fused-ring (bicyclic) bond motifs is 3. The number of ether oxygens (including phenoxy) is 4. The predicted molar refractivity (Wildman–Crippen MR) is 77.8 cm³/mol. The highest BCUT2D eigenvalue weighted by molar-refractivity contribution is 5.80. The molecule has 0 aromatic heterocycles. The minimum absolute atomic E-state index is 0.00773. The number of benzene rings is 1. The Balaban J connectivity index is 1.46. The summed E-state index contributed by atoms with van der Waals surface area (Å²) in [5.74, 6) is 0.743. The molecule has 4 unspecified atom stereocenters. The Kier molecular flexibility index (Phi) is 3.35. The SMILES string of the molecule is CCOC(=O)C1C2Oc3ccc(C(C)OC[C@H]4CO4)cc3C21. The molecule has 0 amide bonds. The molecule has 1 aromatic rings. The van der Waals surface area contributed by atoms with E-state index in [2.05, 4.69) is 6.07 Å². The molecule has 5 heteroatoms. The summed E-state index contributed by atoms with van der Waals surface area (Å²) in [5.41, 5.74) is 2.22. The number of carbonyl (C=O) groups excluding carboxylic acids is 1. The number of hydrogen-bond donors (Lipinski definition) is 0. The van der Waals surface area contributed by atoms with E-state index in [1.165, 1.54) is 0 Å². The summed E-state index contributed by atoms with van der Waals surface area (Å²) < 4.78 is 21.9. The van der Waals surface area contributed by atoms with E-state index in [-0.39, 0.29) is 36.1 Å². The summed E-state index contributed by atoms with van der Waals surface area (Å²) >= 11 is 0. The molecule has 2 fully saturated rings. The normalized spacial score (nSPS) is 31.7. The zero-order valence-electron chi connectivity index (χ0n) is 12.8. The van der Waals surface area contributed by atoms with Crippen LogP contribution in [0.1, 0.15) is 37.0 Å². The number of esters is 1. The van der Waals surface area contributed by atoms with Gasteiger partial charge >= 0.3 is 5.97 Å². The topological polar surface area (TPSA) is 57.3 Å². The van der Waals surface area contributed by atoms with Crippen LogP contribution in [0.15, 0.2) is 18.2 Å². The fraction of sp³-hybridized carbons (Fsp3) is 0.588. The van der Waals surface area contributed by atoms with Crippen LogP contribution in [0.3, 0.4) is 0 Å². The quantitative estimate of drug-likeness (QED) is 0.595. The van der Waals surface area contributed by atoms with Crippen LogP contribution in [-0.4, -0.2) is 38.0 Å². The second kappa shape index (κ2) is 5.25. The molecule has 0 bridgehead atoms. The lowest BCUT2D eigenvalue weighted by Gasteiger charge is -2.15. The highest BCUT2D eigenvalue weighted by Crippen LogP contribution is 2.59. The second-order valence-electron chi connectivity index (χ2n) is 6.11. The van der Waals surface area contributed by atoms with E-state index < -0.39 is 0 Å². The fourth-order valence-electron chi connectivity index (χ4n) is 3.17. The highest BCUT2D eigenvalue weighted by atomic mass is 16.6. The first-order valence-corrected chi connectivity index (χ1v) is 7.89. The van der Waals surface area contributed by atoms with Crippen molar-refractivity contribution in [3.05, 3.63) is 29.3 Å². The number of carbonyl (C=O) groups is 1. The van der Waals surface area contributed by atoms with E-state index in [0.717, 1.165) is 23.5 Å². The maximum absolute atomic E-state index is 11.9. The number of hydrogen-bond acceptors (Lipinski definition) is 5. The number of epoxide rings is 1. The lowest BCUT2D eigenvalue weighted by Crippen LogP contribution is -2.13. The third-order valence-corrected chi connectivity index (χ3v) is 4.57. The van der Waals surface area contributed by atoms with E-state index in [1.807, 2.05) is 26.0 Å². The zero-order chi connectivity index (χ0) is 15.3. The van der Waals surface area contributed by atoms with Crippen LogP contribution < -0.4 is 4.74 Å². The first kappa shape index (κ1) is 14.0. The molecule has 0 radical (unpaired) electrons. The zero-order valence-corrected chi connectivity index (χ0v) is 12.8. The average Bonchev–Trinajstić information content (AvgIpc) is 3.42.